The van der Waals surface area contributed by atoms with E-state index in [0.29, 0.717) is 13.0 Å². The Morgan fingerprint density at radius 1 is 1.50 bits per heavy atom. The first kappa shape index (κ1) is 12.2. The molecule has 2 aliphatic rings. The summed E-state index contributed by atoms with van der Waals surface area (Å²) in [5, 5.41) is 0. The first-order chi connectivity index (χ1) is 7.56. The standard InChI is InChI=1S/C12H21NO2S/c1-9-7-15-10(2)6-13(9)11(14)5-12(8-16)3-4-12/h9-10,16H,3-8H2,1-2H3. The van der Waals surface area contributed by atoms with E-state index in [1.54, 1.807) is 0 Å². The fourth-order valence-electron chi connectivity index (χ4n) is 2.24. The second kappa shape index (κ2) is 4.57. The van der Waals surface area contributed by atoms with Crippen LogP contribution < -0.4 is 0 Å². The second-order valence-electron chi connectivity index (χ2n) is 5.37. The first-order valence-electron chi connectivity index (χ1n) is 6.08. The highest BCUT2D eigenvalue weighted by molar-refractivity contribution is 7.80. The molecule has 3 nitrogen and oxygen atoms in total. The highest BCUT2D eigenvalue weighted by Gasteiger charge is 2.44. The molecule has 0 spiro atoms. The molecule has 92 valence electrons. The molecule has 0 N–H and O–H groups in total. The first-order valence-corrected chi connectivity index (χ1v) is 6.71. The molecule has 0 aromatic heterocycles. The Labute approximate surface area is 103 Å². The lowest BCUT2D eigenvalue weighted by atomic mass is 10.0. The molecule has 0 aromatic rings. The van der Waals surface area contributed by atoms with Gasteiger partial charge in [0.1, 0.15) is 0 Å². The van der Waals surface area contributed by atoms with Crippen molar-refractivity contribution < 1.29 is 9.53 Å². The SMILES string of the molecule is CC1CN(C(=O)CC2(CS)CC2)C(C)CO1. The molecule has 1 saturated heterocycles. The summed E-state index contributed by atoms with van der Waals surface area (Å²) in [7, 11) is 0. The summed E-state index contributed by atoms with van der Waals surface area (Å²) in [5.74, 6) is 1.13. The van der Waals surface area contributed by atoms with Crippen molar-refractivity contribution in [2.75, 3.05) is 18.9 Å². The third-order valence-corrected chi connectivity index (χ3v) is 4.42. The summed E-state index contributed by atoms with van der Waals surface area (Å²) in [5.41, 5.74) is 0.224. The Hall–Kier alpha value is -0.220. The fourth-order valence-corrected chi connectivity index (χ4v) is 2.67. The minimum Gasteiger partial charge on any atom is -0.375 e. The highest BCUT2D eigenvalue weighted by Crippen LogP contribution is 2.50. The van der Waals surface area contributed by atoms with Gasteiger partial charge in [0.25, 0.3) is 0 Å². The van der Waals surface area contributed by atoms with Crippen molar-refractivity contribution in [2.45, 2.75) is 45.3 Å². The molecule has 2 rings (SSSR count). The maximum Gasteiger partial charge on any atom is 0.223 e. The van der Waals surface area contributed by atoms with Crippen LogP contribution in [0.15, 0.2) is 0 Å². The summed E-state index contributed by atoms with van der Waals surface area (Å²) >= 11 is 4.35. The zero-order valence-corrected chi connectivity index (χ0v) is 11.0. The van der Waals surface area contributed by atoms with Gasteiger partial charge in [0.15, 0.2) is 0 Å². The number of hydrogen-bond donors (Lipinski definition) is 1. The third kappa shape index (κ3) is 2.54. The van der Waals surface area contributed by atoms with E-state index in [1.807, 2.05) is 11.8 Å². The van der Waals surface area contributed by atoms with Crippen molar-refractivity contribution >= 4 is 18.5 Å². The van der Waals surface area contributed by atoms with E-state index in [2.05, 4.69) is 19.6 Å². The number of hydrogen-bond acceptors (Lipinski definition) is 3. The lowest BCUT2D eigenvalue weighted by Gasteiger charge is -2.37. The third-order valence-electron chi connectivity index (χ3n) is 3.75. The van der Waals surface area contributed by atoms with Crippen LogP contribution in [0.3, 0.4) is 0 Å². The predicted octanol–water partition coefficient (Wildman–Crippen LogP) is 1.72. The molecule has 0 radical (unpaired) electrons. The van der Waals surface area contributed by atoms with Crippen molar-refractivity contribution in [1.82, 2.24) is 4.90 Å². The van der Waals surface area contributed by atoms with Gasteiger partial charge in [-0.2, -0.15) is 12.6 Å². The molecule has 1 heterocycles. The Morgan fingerprint density at radius 3 is 2.75 bits per heavy atom. The Kier molecular flexibility index (Phi) is 3.50. The van der Waals surface area contributed by atoms with E-state index in [9.17, 15) is 4.79 Å². The molecular weight excluding hydrogens is 222 g/mol. The van der Waals surface area contributed by atoms with Crippen molar-refractivity contribution in [1.29, 1.82) is 0 Å². The molecule has 2 fully saturated rings. The minimum atomic E-state index is 0.173. The molecule has 1 aliphatic heterocycles. The number of carbonyl (C=O) groups excluding carboxylic acids is 1. The van der Waals surface area contributed by atoms with Gasteiger partial charge in [0.05, 0.1) is 18.8 Å². The van der Waals surface area contributed by atoms with Crippen LogP contribution in [-0.4, -0.2) is 41.9 Å². The van der Waals surface area contributed by atoms with Crippen LogP contribution in [0.4, 0.5) is 0 Å². The number of thiol groups is 1. The lowest BCUT2D eigenvalue weighted by molar-refractivity contribution is -0.144. The number of nitrogens with zero attached hydrogens (tertiary/aromatic N) is 1. The molecule has 0 bridgehead atoms. The monoisotopic (exact) mass is 243 g/mol. The topological polar surface area (TPSA) is 29.5 Å². The van der Waals surface area contributed by atoms with Crippen LogP contribution in [0, 0.1) is 5.41 Å². The normalized spacial score (nSPS) is 32.6. The number of ether oxygens (including phenoxy) is 1. The average molecular weight is 243 g/mol. The number of rotatable bonds is 3. The van der Waals surface area contributed by atoms with Gasteiger partial charge in [-0.15, -0.1) is 0 Å². The fraction of sp³-hybridized carbons (Fsp3) is 0.917. The van der Waals surface area contributed by atoms with E-state index in [4.69, 9.17) is 4.74 Å². The number of morpholine rings is 1. The van der Waals surface area contributed by atoms with Crippen molar-refractivity contribution in [3.63, 3.8) is 0 Å². The van der Waals surface area contributed by atoms with Gasteiger partial charge in [0, 0.05) is 13.0 Å². The van der Waals surface area contributed by atoms with Gasteiger partial charge < -0.3 is 9.64 Å². The van der Waals surface area contributed by atoms with Gasteiger partial charge in [-0.05, 0) is 37.9 Å². The largest absolute Gasteiger partial charge is 0.375 e. The minimum absolute atomic E-state index is 0.173. The second-order valence-corrected chi connectivity index (χ2v) is 5.69. The lowest BCUT2D eigenvalue weighted by Crippen LogP contribution is -2.50. The predicted molar refractivity (Wildman–Crippen MR) is 66.7 cm³/mol. The van der Waals surface area contributed by atoms with Crippen molar-refractivity contribution in [2.24, 2.45) is 5.41 Å². The summed E-state index contributed by atoms with van der Waals surface area (Å²) in [6.45, 7) is 5.49. The van der Waals surface area contributed by atoms with Crippen LogP contribution in [-0.2, 0) is 9.53 Å². The molecule has 1 amide bonds. The smallest absolute Gasteiger partial charge is 0.223 e. The van der Waals surface area contributed by atoms with Crippen LogP contribution in [0.1, 0.15) is 33.1 Å². The van der Waals surface area contributed by atoms with E-state index in [0.717, 1.165) is 25.1 Å². The van der Waals surface area contributed by atoms with Crippen molar-refractivity contribution in [3.05, 3.63) is 0 Å². The van der Waals surface area contributed by atoms with E-state index in [-0.39, 0.29) is 23.5 Å². The van der Waals surface area contributed by atoms with E-state index in [1.165, 1.54) is 0 Å². The average Bonchev–Trinajstić information content (AvgIpc) is 3.02. The Balaban J connectivity index is 1.92. The Morgan fingerprint density at radius 2 is 2.19 bits per heavy atom. The summed E-state index contributed by atoms with van der Waals surface area (Å²) < 4.78 is 5.53. The number of carbonyl (C=O) groups is 1. The summed E-state index contributed by atoms with van der Waals surface area (Å²) in [4.78, 5) is 14.2. The van der Waals surface area contributed by atoms with Gasteiger partial charge in [-0.25, -0.2) is 0 Å². The molecule has 1 saturated carbocycles. The highest BCUT2D eigenvalue weighted by atomic mass is 32.1. The quantitative estimate of drug-likeness (QED) is 0.765. The Bertz CT molecular complexity index is 278. The van der Waals surface area contributed by atoms with Gasteiger partial charge >= 0.3 is 0 Å². The summed E-state index contributed by atoms with van der Waals surface area (Å²) in [6, 6.07) is 0.222. The maximum absolute atomic E-state index is 12.2. The molecule has 2 atom stereocenters. The molecular formula is C12H21NO2S. The van der Waals surface area contributed by atoms with Crippen LogP contribution in [0.25, 0.3) is 0 Å². The molecule has 4 heteroatoms. The van der Waals surface area contributed by atoms with E-state index < -0.39 is 0 Å². The zero-order chi connectivity index (χ0) is 11.8. The van der Waals surface area contributed by atoms with Crippen LogP contribution in [0.2, 0.25) is 0 Å². The zero-order valence-electron chi connectivity index (χ0n) is 10.1. The molecule has 1 aliphatic carbocycles. The molecule has 16 heavy (non-hydrogen) atoms. The molecule has 0 aromatic carbocycles. The van der Waals surface area contributed by atoms with Crippen molar-refractivity contribution in [3.8, 4) is 0 Å². The van der Waals surface area contributed by atoms with E-state index >= 15 is 0 Å². The summed E-state index contributed by atoms with van der Waals surface area (Å²) in [6.07, 6.45) is 3.17. The van der Waals surface area contributed by atoms with Gasteiger partial charge in [-0.3, -0.25) is 4.79 Å². The van der Waals surface area contributed by atoms with Gasteiger partial charge in [-0.1, -0.05) is 0 Å². The van der Waals surface area contributed by atoms with Gasteiger partial charge in [0.2, 0.25) is 5.91 Å². The van der Waals surface area contributed by atoms with Crippen LogP contribution in [0.5, 0.6) is 0 Å². The maximum atomic E-state index is 12.2. The van der Waals surface area contributed by atoms with Crippen LogP contribution >= 0.6 is 12.6 Å². The molecule has 2 unspecified atom stereocenters. The number of amides is 1.